The first-order chi connectivity index (χ1) is 12.7. The molecule has 0 aliphatic carbocycles. The third-order valence-electron chi connectivity index (χ3n) is 4.35. The number of hydrogen-bond donors (Lipinski definition) is 1. The molecule has 138 valence electrons. The quantitative estimate of drug-likeness (QED) is 0.862. The van der Waals surface area contributed by atoms with Gasteiger partial charge in [0.1, 0.15) is 5.75 Å². The van der Waals surface area contributed by atoms with Crippen LogP contribution in [0.5, 0.6) is 17.2 Å². The summed E-state index contributed by atoms with van der Waals surface area (Å²) in [5, 5.41) is 9.38. The minimum absolute atomic E-state index is 0.00327. The summed E-state index contributed by atoms with van der Waals surface area (Å²) in [5.41, 5.74) is 1.05. The molecule has 1 fully saturated rings. The van der Waals surface area contributed by atoms with E-state index in [0.717, 1.165) is 18.8 Å². The van der Waals surface area contributed by atoms with Crippen LogP contribution in [0.4, 0.5) is 5.69 Å². The summed E-state index contributed by atoms with van der Waals surface area (Å²) in [6.07, 6.45) is 0. The first kappa shape index (κ1) is 17.9. The average Bonchev–Trinajstić information content (AvgIpc) is 2.68. The monoisotopic (exact) mass is 356 g/mol. The molecule has 0 saturated carbocycles. The standard InChI is InChI=1S/C20H24N2O4/c1-2-25-18-5-3-4-6-19(18)26-15-20(24)22-13-11-21(12-14-22)16-7-9-17(23)10-8-16/h3-10,23H,2,11-15H2,1H3. The molecular formula is C20H24N2O4. The predicted molar refractivity (Wildman–Crippen MR) is 100 cm³/mol. The van der Waals surface area contributed by atoms with Crippen molar-refractivity contribution in [1.29, 1.82) is 0 Å². The number of phenols is 1. The summed E-state index contributed by atoms with van der Waals surface area (Å²) >= 11 is 0. The Kier molecular flexibility index (Phi) is 5.84. The minimum Gasteiger partial charge on any atom is -0.508 e. The molecule has 1 amide bonds. The molecule has 1 aliphatic rings. The van der Waals surface area contributed by atoms with Crippen molar-refractivity contribution in [3.8, 4) is 17.2 Å². The Labute approximate surface area is 153 Å². The van der Waals surface area contributed by atoms with Crippen molar-refractivity contribution < 1.29 is 19.4 Å². The molecule has 0 atom stereocenters. The summed E-state index contributed by atoms with van der Waals surface area (Å²) in [4.78, 5) is 16.5. The second kappa shape index (κ2) is 8.47. The summed E-state index contributed by atoms with van der Waals surface area (Å²) in [6.45, 7) is 5.27. The highest BCUT2D eigenvalue weighted by Crippen LogP contribution is 2.26. The molecule has 0 aromatic heterocycles. The minimum atomic E-state index is -0.0262. The zero-order valence-electron chi connectivity index (χ0n) is 14.9. The van der Waals surface area contributed by atoms with E-state index >= 15 is 0 Å². The van der Waals surface area contributed by atoms with Crippen LogP contribution in [0.25, 0.3) is 0 Å². The molecule has 0 radical (unpaired) electrons. The Morgan fingerprint density at radius 3 is 2.19 bits per heavy atom. The van der Waals surface area contributed by atoms with Crippen LogP contribution < -0.4 is 14.4 Å². The van der Waals surface area contributed by atoms with Crippen molar-refractivity contribution in [3.05, 3.63) is 48.5 Å². The predicted octanol–water partition coefficient (Wildman–Crippen LogP) is 2.52. The number of rotatable bonds is 6. The Morgan fingerprint density at radius 1 is 0.962 bits per heavy atom. The lowest BCUT2D eigenvalue weighted by Crippen LogP contribution is -2.50. The number of hydrogen-bond acceptors (Lipinski definition) is 5. The smallest absolute Gasteiger partial charge is 0.260 e. The molecule has 1 N–H and O–H groups in total. The number of carbonyl (C=O) groups excluding carboxylic acids is 1. The van der Waals surface area contributed by atoms with E-state index in [1.807, 2.05) is 42.2 Å². The van der Waals surface area contributed by atoms with E-state index in [-0.39, 0.29) is 18.3 Å². The molecule has 6 heteroatoms. The van der Waals surface area contributed by atoms with Crippen molar-refractivity contribution in [1.82, 2.24) is 4.90 Å². The Morgan fingerprint density at radius 2 is 1.58 bits per heavy atom. The molecule has 1 saturated heterocycles. The van der Waals surface area contributed by atoms with Gasteiger partial charge < -0.3 is 24.4 Å². The number of nitrogens with zero attached hydrogens (tertiary/aromatic N) is 2. The van der Waals surface area contributed by atoms with Gasteiger partial charge >= 0.3 is 0 Å². The molecule has 0 unspecified atom stereocenters. The van der Waals surface area contributed by atoms with Gasteiger partial charge in [0, 0.05) is 31.9 Å². The van der Waals surface area contributed by atoms with Crippen LogP contribution in [0, 0.1) is 0 Å². The summed E-state index contributed by atoms with van der Waals surface area (Å²) in [7, 11) is 0. The maximum atomic E-state index is 12.4. The number of anilines is 1. The molecule has 2 aromatic rings. The van der Waals surface area contributed by atoms with Gasteiger partial charge in [0.25, 0.3) is 5.91 Å². The largest absolute Gasteiger partial charge is 0.508 e. The molecule has 1 heterocycles. The number of aromatic hydroxyl groups is 1. The number of amides is 1. The van der Waals surface area contributed by atoms with Crippen LogP contribution in [0.2, 0.25) is 0 Å². The number of carbonyl (C=O) groups is 1. The van der Waals surface area contributed by atoms with Gasteiger partial charge in [0.15, 0.2) is 18.1 Å². The topological polar surface area (TPSA) is 62.2 Å². The van der Waals surface area contributed by atoms with E-state index < -0.39 is 0 Å². The van der Waals surface area contributed by atoms with Gasteiger partial charge in [-0.15, -0.1) is 0 Å². The Hall–Kier alpha value is -2.89. The molecule has 1 aliphatic heterocycles. The lowest BCUT2D eigenvalue weighted by Gasteiger charge is -2.36. The fraction of sp³-hybridized carbons (Fsp3) is 0.350. The first-order valence-corrected chi connectivity index (χ1v) is 8.83. The molecule has 26 heavy (non-hydrogen) atoms. The number of benzene rings is 2. The van der Waals surface area contributed by atoms with Crippen molar-refractivity contribution in [2.45, 2.75) is 6.92 Å². The van der Waals surface area contributed by atoms with Gasteiger partial charge in [0.2, 0.25) is 0 Å². The number of ether oxygens (including phenoxy) is 2. The van der Waals surface area contributed by atoms with Crippen molar-refractivity contribution in [2.24, 2.45) is 0 Å². The van der Waals surface area contributed by atoms with E-state index in [9.17, 15) is 9.90 Å². The van der Waals surface area contributed by atoms with E-state index in [1.54, 1.807) is 18.2 Å². The highest BCUT2D eigenvalue weighted by atomic mass is 16.5. The van der Waals surface area contributed by atoms with Crippen LogP contribution in [0.1, 0.15) is 6.92 Å². The van der Waals surface area contributed by atoms with Crippen LogP contribution >= 0.6 is 0 Å². The van der Waals surface area contributed by atoms with Crippen molar-refractivity contribution >= 4 is 11.6 Å². The zero-order valence-corrected chi connectivity index (χ0v) is 14.9. The van der Waals surface area contributed by atoms with Crippen LogP contribution in [-0.2, 0) is 4.79 Å². The third kappa shape index (κ3) is 4.39. The SMILES string of the molecule is CCOc1ccccc1OCC(=O)N1CCN(c2ccc(O)cc2)CC1. The summed E-state index contributed by atoms with van der Waals surface area (Å²) in [6, 6.07) is 14.5. The Balaban J connectivity index is 1.50. The van der Waals surface area contributed by atoms with Crippen molar-refractivity contribution in [3.63, 3.8) is 0 Å². The van der Waals surface area contributed by atoms with Gasteiger partial charge in [-0.1, -0.05) is 12.1 Å². The van der Waals surface area contributed by atoms with Crippen molar-refractivity contribution in [2.75, 3.05) is 44.3 Å². The van der Waals surface area contributed by atoms with E-state index in [1.165, 1.54) is 0 Å². The van der Waals surface area contributed by atoms with E-state index in [2.05, 4.69) is 4.90 Å². The fourth-order valence-electron chi connectivity index (χ4n) is 2.95. The maximum absolute atomic E-state index is 12.4. The molecule has 2 aromatic carbocycles. The van der Waals surface area contributed by atoms with Gasteiger partial charge in [-0.3, -0.25) is 4.79 Å². The highest BCUT2D eigenvalue weighted by Gasteiger charge is 2.22. The average molecular weight is 356 g/mol. The Bertz CT molecular complexity index is 725. The van der Waals surface area contributed by atoms with Crippen LogP contribution in [-0.4, -0.2) is 55.3 Å². The van der Waals surface area contributed by atoms with E-state index in [4.69, 9.17) is 9.47 Å². The third-order valence-corrected chi connectivity index (χ3v) is 4.35. The zero-order chi connectivity index (χ0) is 18.4. The number of phenolic OH excluding ortho intramolecular Hbond substituents is 1. The second-order valence-electron chi connectivity index (χ2n) is 6.05. The normalized spacial score (nSPS) is 14.2. The maximum Gasteiger partial charge on any atom is 0.260 e. The lowest BCUT2D eigenvalue weighted by atomic mass is 10.2. The molecule has 0 spiro atoms. The summed E-state index contributed by atoms with van der Waals surface area (Å²) < 4.78 is 11.2. The lowest BCUT2D eigenvalue weighted by molar-refractivity contribution is -0.133. The molecule has 3 rings (SSSR count). The molecule has 0 bridgehead atoms. The van der Waals surface area contributed by atoms with Crippen LogP contribution in [0.3, 0.4) is 0 Å². The van der Waals surface area contributed by atoms with Gasteiger partial charge in [-0.2, -0.15) is 0 Å². The number of para-hydroxylation sites is 2. The first-order valence-electron chi connectivity index (χ1n) is 8.83. The van der Waals surface area contributed by atoms with E-state index in [0.29, 0.717) is 31.2 Å². The summed E-state index contributed by atoms with van der Waals surface area (Å²) in [5.74, 6) is 1.47. The molecule has 6 nitrogen and oxygen atoms in total. The van der Waals surface area contributed by atoms with Crippen LogP contribution in [0.15, 0.2) is 48.5 Å². The molecular weight excluding hydrogens is 332 g/mol. The van der Waals surface area contributed by atoms with Gasteiger partial charge in [0.05, 0.1) is 6.61 Å². The van der Waals surface area contributed by atoms with Gasteiger partial charge in [-0.25, -0.2) is 0 Å². The fourth-order valence-corrected chi connectivity index (χ4v) is 2.95. The highest BCUT2D eigenvalue weighted by molar-refractivity contribution is 5.78. The number of piperazine rings is 1. The second-order valence-corrected chi connectivity index (χ2v) is 6.05. The van der Waals surface area contributed by atoms with Gasteiger partial charge in [-0.05, 0) is 43.3 Å².